The highest BCUT2D eigenvalue weighted by molar-refractivity contribution is 5.79. The smallest absolute Gasteiger partial charge is 0.336 e. The van der Waals surface area contributed by atoms with Crippen LogP contribution in [0.2, 0.25) is 0 Å². The Hall–Kier alpha value is -1.97. The Kier molecular flexibility index (Phi) is 2.58. The minimum Gasteiger partial charge on any atom is -0.340 e. The minimum atomic E-state index is -0.128. The zero-order chi connectivity index (χ0) is 10.7. The van der Waals surface area contributed by atoms with Gasteiger partial charge in [-0.15, -0.1) is 0 Å². The van der Waals surface area contributed by atoms with Crippen LogP contribution in [0.15, 0.2) is 36.5 Å². The first-order chi connectivity index (χ1) is 7.31. The predicted molar refractivity (Wildman–Crippen MR) is 58.7 cm³/mol. The van der Waals surface area contributed by atoms with Gasteiger partial charge in [0.2, 0.25) is 0 Å². The highest BCUT2D eigenvalue weighted by atomic mass is 16.2. The molecule has 2 N–H and O–H groups in total. The molecule has 1 aromatic rings. The number of carbonyl (C=O) groups is 1. The average Bonchev–Trinajstić information content (AvgIpc) is 2.78. The molecule has 0 bridgehead atoms. The lowest BCUT2D eigenvalue weighted by atomic mass is 10.1. The summed E-state index contributed by atoms with van der Waals surface area (Å²) in [5, 5.41) is 4.10. The summed E-state index contributed by atoms with van der Waals surface area (Å²) in [6.07, 6.45) is 1.85. The minimum absolute atomic E-state index is 0.128. The summed E-state index contributed by atoms with van der Waals surface area (Å²) in [5.74, 6) is 0. The quantitative estimate of drug-likeness (QED) is 0.720. The highest BCUT2D eigenvalue weighted by Crippen LogP contribution is 2.17. The molecule has 4 heteroatoms. The van der Waals surface area contributed by atoms with Crippen molar-refractivity contribution < 1.29 is 4.79 Å². The largest absolute Gasteiger partial charge is 0.340 e. The molecular formula is C11H13N3O. The SMILES string of the molecule is CNC(=O)N1CC(c2ccccc2)=CN1. The zero-order valence-electron chi connectivity index (χ0n) is 8.53. The number of rotatable bonds is 1. The van der Waals surface area contributed by atoms with Crippen molar-refractivity contribution in [3.05, 3.63) is 42.1 Å². The lowest BCUT2D eigenvalue weighted by molar-refractivity contribution is 0.197. The lowest BCUT2D eigenvalue weighted by Crippen LogP contribution is -2.42. The Morgan fingerprint density at radius 3 is 2.80 bits per heavy atom. The molecule has 2 rings (SSSR count). The topological polar surface area (TPSA) is 44.4 Å². The second kappa shape index (κ2) is 4.04. The Morgan fingerprint density at radius 1 is 1.40 bits per heavy atom. The van der Waals surface area contributed by atoms with Gasteiger partial charge in [0.25, 0.3) is 0 Å². The Bertz CT molecular complexity index is 386. The van der Waals surface area contributed by atoms with Crippen LogP contribution in [0.25, 0.3) is 5.57 Å². The van der Waals surface area contributed by atoms with E-state index in [1.807, 2.05) is 36.5 Å². The van der Waals surface area contributed by atoms with Gasteiger partial charge in [0.15, 0.2) is 0 Å². The van der Waals surface area contributed by atoms with Crippen molar-refractivity contribution in [1.82, 2.24) is 15.8 Å². The molecule has 0 spiro atoms. The maximum Gasteiger partial charge on any atom is 0.336 e. The second-order valence-corrected chi connectivity index (χ2v) is 3.31. The molecule has 2 amide bonds. The highest BCUT2D eigenvalue weighted by Gasteiger charge is 2.18. The van der Waals surface area contributed by atoms with E-state index >= 15 is 0 Å². The van der Waals surface area contributed by atoms with Crippen LogP contribution in [0, 0.1) is 0 Å². The normalized spacial score (nSPS) is 14.5. The molecule has 0 saturated heterocycles. The van der Waals surface area contributed by atoms with Crippen LogP contribution in [0.5, 0.6) is 0 Å². The van der Waals surface area contributed by atoms with Crippen molar-refractivity contribution in [1.29, 1.82) is 0 Å². The van der Waals surface area contributed by atoms with E-state index in [2.05, 4.69) is 10.7 Å². The molecule has 1 aliphatic heterocycles. The molecule has 1 aliphatic rings. The summed E-state index contributed by atoms with van der Waals surface area (Å²) in [5.41, 5.74) is 5.16. The molecule has 0 unspecified atom stereocenters. The Morgan fingerprint density at radius 2 is 2.13 bits per heavy atom. The standard InChI is InChI=1S/C11H13N3O/c1-12-11(15)14-8-10(7-13-14)9-5-3-2-4-6-9/h2-7,13H,8H2,1H3,(H,12,15). The third-order valence-corrected chi connectivity index (χ3v) is 2.33. The monoisotopic (exact) mass is 203 g/mol. The van der Waals surface area contributed by atoms with Gasteiger partial charge in [0.05, 0.1) is 6.54 Å². The van der Waals surface area contributed by atoms with E-state index in [4.69, 9.17) is 0 Å². The van der Waals surface area contributed by atoms with Crippen LogP contribution in [0.4, 0.5) is 4.79 Å². The second-order valence-electron chi connectivity index (χ2n) is 3.31. The fraction of sp³-hybridized carbons (Fsp3) is 0.182. The van der Waals surface area contributed by atoms with E-state index in [1.165, 1.54) is 5.01 Å². The van der Waals surface area contributed by atoms with Crippen molar-refractivity contribution in [2.75, 3.05) is 13.6 Å². The molecule has 15 heavy (non-hydrogen) atoms. The van der Waals surface area contributed by atoms with Gasteiger partial charge in [-0.2, -0.15) is 0 Å². The number of nitrogens with one attached hydrogen (secondary N) is 2. The van der Waals surface area contributed by atoms with E-state index in [9.17, 15) is 4.79 Å². The number of nitrogens with zero attached hydrogens (tertiary/aromatic N) is 1. The number of carbonyl (C=O) groups excluding carboxylic acids is 1. The maximum atomic E-state index is 11.3. The third kappa shape index (κ3) is 1.93. The van der Waals surface area contributed by atoms with E-state index in [1.54, 1.807) is 7.05 Å². The van der Waals surface area contributed by atoms with Crippen LogP contribution < -0.4 is 10.7 Å². The summed E-state index contributed by atoms with van der Waals surface area (Å²) < 4.78 is 0. The van der Waals surface area contributed by atoms with E-state index in [-0.39, 0.29) is 6.03 Å². The molecule has 0 radical (unpaired) electrons. The number of hydrogen-bond donors (Lipinski definition) is 2. The van der Waals surface area contributed by atoms with Crippen LogP contribution in [-0.4, -0.2) is 24.6 Å². The van der Waals surface area contributed by atoms with Gasteiger partial charge in [-0.3, -0.25) is 0 Å². The first-order valence-electron chi connectivity index (χ1n) is 4.81. The molecule has 1 heterocycles. The van der Waals surface area contributed by atoms with Crippen molar-refractivity contribution in [2.45, 2.75) is 0 Å². The van der Waals surface area contributed by atoms with Gasteiger partial charge in [-0.05, 0) is 11.1 Å². The molecule has 78 valence electrons. The number of benzene rings is 1. The van der Waals surface area contributed by atoms with Crippen LogP contribution in [0.1, 0.15) is 5.56 Å². The van der Waals surface area contributed by atoms with Gasteiger partial charge < -0.3 is 10.7 Å². The van der Waals surface area contributed by atoms with Crippen molar-refractivity contribution >= 4 is 11.6 Å². The summed E-state index contributed by atoms with van der Waals surface area (Å²) in [6.45, 7) is 0.587. The molecule has 0 saturated carbocycles. The van der Waals surface area contributed by atoms with Crippen LogP contribution in [-0.2, 0) is 0 Å². The average molecular weight is 203 g/mol. The summed E-state index contributed by atoms with van der Waals surface area (Å²) in [7, 11) is 1.62. The van der Waals surface area contributed by atoms with Crippen molar-refractivity contribution in [3.63, 3.8) is 0 Å². The molecule has 1 aromatic carbocycles. The van der Waals surface area contributed by atoms with Gasteiger partial charge in [0, 0.05) is 13.2 Å². The summed E-state index contributed by atoms with van der Waals surface area (Å²) >= 11 is 0. The molecule has 0 fully saturated rings. The van der Waals surface area contributed by atoms with E-state index in [0.29, 0.717) is 6.54 Å². The Balaban J connectivity index is 2.07. The fourth-order valence-electron chi connectivity index (χ4n) is 1.51. The molecule has 0 atom stereocenters. The Labute approximate surface area is 88.6 Å². The van der Waals surface area contributed by atoms with E-state index in [0.717, 1.165) is 11.1 Å². The van der Waals surface area contributed by atoms with Gasteiger partial charge in [-0.25, -0.2) is 9.80 Å². The fourth-order valence-corrected chi connectivity index (χ4v) is 1.51. The number of amides is 2. The maximum absolute atomic E-state index is 11.3. The predicted octanol–water partition coefficient (Wildman–Crippen LogP) is 1.19. The molecular weight excluding hydrogens is 190 g/mol. The van der Waals surface area contributed by atoms with Gasteiger partial charge in [-0.1, -0.05) is 30.3 Å². The molecule has 0 aromatic heterocycles. The number of hydrazine groups is 1. The summed E-state index contributed by atoms with van der Waals surface area (Å²) in [4.78, 5) is 11.3. The summed E-state index contributed by atoms with van der Waals surface area (Å²) in [6, 6.07) is 9.87. The van der Waals surface area contributed by atoms with Crippen LogP contribution in [0.3, 0.4) is 0 Å². The molecule has 4 nitrogen and oxygen atoms in total. The van der Waals surface area contributed by atoms with Gasteiger partial charge >= 0.3 is 6.03 Å². The van der Waals surface area contributed by atoms with Crippen LogP contribution >= 0.6 is 0 Å². The lowest BCUT2D eigenvalue weighted by Gasteiger charge is -2.15. The first-order valence-corrected chi connectivity index (χ1v) is 4.81. The van der Waals surface area contributed by atoms with E-state index < -0.39 is 0 Å². The van der Waals surface area contributed by atoms with Gasteiger partial charge in [0.1, 0.15) is 0 Å². The number of hydrogen-bond acceptors (Lipinski definition) is 2. The van der Waals surface area contributed by atoms with Crippen molar-refractivity contribution in [2.24, 2.45) is 0 Å². The number of urea groups is 1. The first kappa shape index (κ1) is 9.58. The van der Waals surface area contributed by atoms with Crippen molar-refractivity contribution in [3.8, 4) is 0 Å². The zero-order valence-corrected chi connectivity index (χ0v) is 8.53. The molecule has 0 aliphatic carbocycles. The third-order valence-electron chi connectivity index (χ3n) is 2.33.